The second kappa shape index (κ2) is 12.9. The molecule has 2 atom stereocenters. The lowest BCUT2D eigenvalue weighted by atomic mass is 10.0. The minimum Gasteiger partial charge on any atom is -0.464 e. The standard InChI is InChI=1S/C34H37N3O4/c1-24(2)34(39)37-25(3)21-36(22-28-10-7-8-13-32(28)41-29-11-5-4-6-12-29)23-30(37)33(38)35-20-26-15-17-27(18-16-26)31-14-9-19-40-31/h4-19,24-25,30H,20-23H2,1-3H3,(H,35,38). The molecular formula is C34H37N3O4. The van der Waals surface area contributed by atoms with Crippen molar-refractivity contribution in [1.82, 2.24) is 15.1 Å². The van der Waals surface area contributed by atoms with Gasteiger partial charge in [-0.15, -0.1) is 0 Å². The van der Waals surface area contributed by atoms with Gasteiger partial charge in [0, 0.05) is 49.3 Å². The molecule has 1 N–H and O–H groups in total. The predicted molar refractivity (Wildman–Crippen MR) is 159 cm³/mol. The molecule has 4 aromatic rings. The number of hydrogen-bond acceptors (Lipinski definition) is 5. The van der Waals surface area contributed by atoms with E-state index in [1.807, 2.05) is 106 Å². The fourth-order valence-corrected chi connectivity index (χ4v) is 5.31. The number of furan rings is 1. The molecule has 1 aromatic heterocycles. The van der Waals surface area contributed by atoms with Gasteiger partial charge < -0.3 is 19.4 Å². The summed E-state index contributed by atoms with van der Waals surface area (Å²) in [6, 6.07) is 28.7. The van der Waals surface area contributed by atoms with Crippen LogP contribution in [-0.2, 0) is 22.7 Å². The number of nitrogens with one attached hydrogen (secondary N) is 1. The Kier molecular flexibility index (Phi) is 8.85. The van der Waals surface area contributed by atoms with Gasteiger partial charge in [-0.2, -0.15) is 0 Å². The molecule has 7 nitrogen and oxygen atoms in total. The van der Waals surface area contributed by atoms with Crippen LogP contribution in [0.4, 0.5) is 0 Å². The van der Waals surface area contributed by atoms with Gasteiger partial charge in [0.2, 0.25) is 11.8 Å². The molecule has 3 aromatic carbocycles. The molecule has 0 radical (unpaired) electrons. The first kappa shape index (κ1) is 28.2. The summed E-state index contributed by atoms with van der Waals surface area (Å²) in [6.07, 6.45) is 1.65. The lowest BCUT2D eigenvalue weighted by Crippen LogP contribution is -2.64. The number of carbonyl (C=O) groups excluding carboxylic acids is 2. The number of piperazine rings is 1. The van der Waals surface area contributed by atoms with Crippen LogP contribution in [0.5, 0.6) is 11.5 Å². The zero-order chi connectivity index (χ0) is 28.8. The summed E-state index contributed by atoms with van der Waals surface area (Å²) < 4.78 is 11.7. The lowest BCUT2D eigenvalue weighted by molar-refractivity contribution is -0.150. The first-order chi connectivity index (χ1) is 19.9. The Morgan fingerprint density at radius 1 is 0.927 bits per heavy atom. The second-order valence-corrected chi connectivity index (χ2v) is 10.9. The van der Waals surface area contributed by atoms with Crippen LogP contribution in [0.1, 0.15) is 31.9 Å². The molecule has 2 heterocycles. The number of carbonyl (C=O) groups is 2. The van der Waals surface area contributed by atoms with Crippen molar-refractivity contribution in [1.29, 1.82) is 0 Å². The van der Waals surface area contributed by atoms with Gasteiger partial charge in [0.25, 0.3) is 0 Å². The van der Waals surface area contributed by atoms with Crippen molar-refractivity contribution < 1.29 is 18.7 Å². The van der Waals surface area contributed by atoms with Crippen LogP contribution in [0.3, 0.4) is 0 Å². The summed E-state index contributed by atoms with van der Waals surface area (Å²) in [5.41, 5.74) is 2.98. The van der Waals surface area contributed by atoms with E-state index in [0.29, 0.717) is 26.2 Å². The number of ether oxygens (including phenoxy) is 1. The maximum absolute atomic E-state index is 13.6. The fourth-order valence-electron chi connectivity index (χ4n) is 5.31. The van der Waals surface area contributed by atoms with E-state index in [9.17, 15) is 9.59 Å². The molecule has 1 aliphatic heterocycles. The third-order valence-corrected chi connectivity index (χ3v) is 7.38. The molecule has 7 heteroatoms. The number of benzene rings is 3. The highest BCUT2D eigenvalue weighted by atomic mass is 16.5. The molecule has 41 heavy (non-hydrogen) atoms. The van der Waals surface area contributed by atoms with Crippen LogP contribution in [0.25, 0.3) is 11.3 Å². The molecule has 212 valence electrons. The highest BCUT2D eigenvalue weighted by Crippen LogP contribution is 2.28. The summed E-state index contributed by atoms with van der Waals surface area (Å²) in [5, 5.41) is 3.09. The Hall–Kier alpha value is -4.36. The van der Waals surface area contributed by atoms with Gasteiger partial charge in [-0.25, -0.2) is 0 Å². The third kappa shape index (κ3) is 6.87. The largest absolute Gasteiger partial charge is 0.464 e. The van der Waals surface area contributed by atoms with E-state index < -0.39 is 6.04 Å². The van der Waals surface area contributed by atoms with Crippen molar-refractivity contribution in [2.24, 2.45) is 5.92 Å². The number of para-hydroxylation sites is 2. The number of hydrogen-bond donors (Lipinski definition) is 1. The summed E-state index contributed by atoms with van der Waals surface area (Å²) in [6.45, 7) is 7.87. The highest BCUT2D eigenvalue weighted by molar-refractivity contribution is 5.89. The maximum atomic E-state index is 13.6. The van der Waals surface area contributed by atoms with Gasteiger partial charge in [-0.1, -0.05) is 74.5 Å². The van der Waals surface area contributed by atoms with Crippen molar-refractivity contribution in [2.75, 3.05) is 13.1 Å². The van der Waals surface area contributed by atoms with Gasteiger partial charge in [0.05, 0.1) is 6.26 Å². The van der Waals surface area contributed by atoms with Crippen molar-refractivity contribution in [3.8, 4) is 22.8 Å². The van der Waals surface area contributed by atoms with Gasteiger partial charge in [0.1, 0.15) is 23.3 Å². The van der Waals surface area contributed by atoms with Gasteiger partial charge in [0.15, 0.2) is 0 Å². The van der Waals surface area contributed by atoms with Crippen LogP contribution in [0.2, 0.25) is 0 Å². The van der Waals surface area contributed by atoms with E-state index in [1.54, 1.807) is 11.2 Å². The lowest BCUT2D eigenvalue weighted by Gasteiger charge is -2.45. The van der Waals surface area contributed by atoms with Crippen LogP contribution < -0.4 is 10.1 Å². The Morgan fingerprint density at radius 3 is 2.37 bits per heavy atom. The van der Waals surface area contributed by atoms with Crippen molar-refractivity contribution in [2.45, 2.75) is 45.9 Å². The molecule has 0 saturated carbocycles. The zero-order valence-corrected chi connectivity index (χ0v) is 23.8. The summed E-state index contributed by atoms with van der Waals surface area (Å²) in [4.78, 5) is 30.9. The zero-order valence-electron chi connectivity index (χ0n) is 23.8. The van der Waals surface area contributed by atoms with Crippen LogP contribution in [0.15, 0.2) is 102 Å². The minimum atomic E-state index is -0.599. The summed E-state index contributed by atoms with van der Waals surface area (Å²) in [7, 11) is 0. The van der Waals surface area contributed by atoms with Crippen LogP contribution in [0, 0.1) is 5.92 Å². The van der Waals surface area contributed by atoms with E-state index in [4.69, 9.17) is 9.15 Å². The van der Waals surface area contributed by atoms with Crippen molar-refractivity contribution in [3.63, 3.8) is 0 Å². The van der Waals surface area contributed by atoms with E-state index in [-0.39, 0.29) is 23.8 Å². The summed E-state index contributed by atoms with van der Waals surface area (Å²) >= 11 is 0. The Bertz CT molecular complexity index is 1430. The topological polar surface area (TPSA) is 75.0 Å². The second-order valence-electron chi connectivity index (χ2n) is 10.9. The number of nitrogens with zero attached hydrogens (tertiary/aromatic N) is 2. The van der Waals surface area contributed by atoms with E-state index >= 15 is 0 Å². The smallest absolute Gasteiger partial charge is 0.244 e. The Labute approximate surface area is 241 Å². The normalized spacial score (nSPS) is 17.4. The number of rotatable bonds is 9. The minimum absolute atomic E-state index is 0.00656. The molecule has 0 aliphatic carbocycles. The predicted octanol–water partition coefficient (Wildman–Crippen LogP) is 6.11. The quantitative estimate of drug-likeness (QED) is 0.272. The van der Waals surface area contributed by atoms with Gasteiger partial charge >= 0.3 is 0 Å². The Balaban J connectivity index is 1.30. The fraction of sp³-hybridized carbons (Fsp3) is 0.294. The molecule has 5 rings (SSSR count). The molecule has 1 fully saturated rings. The molecule has 1 aliphatic rings. The summed E-state index contributed by atoms with van der Waals surface area (Å²) in [5.74, 6) is 2.00. The maximum Gasteiger partial charge on any atom is 0.244 e. The molecule has 1 saturated heterocycles. The SMILES string of the molecule is CC(C)C(=O)N1C(C)CN(Cc2ccccc2Oc2ccccc2)CC1C(=O)NCc1ccc(-c2ccco2)cc1. The van der Waals surface area contributed by atoms with E-state index in [1.165, 1.54) is 0 Å². The molecule has 2 amide bonds. The van der Waals surface area contributed by atoms with E-state index in [0.717, 1.165) is 33.9 Å². The average molecular weight is 552 g/mol. The number of amides is 2. The van der Waals surface area contributed by atoms with Crippen molar-refractivity contribution >= 4 is 11.8 Å². The average Bonchev–Trinajstić information content (AvgIpc) is 3.52. The van der Waals surface area contributed by atoms with Crippen LogP contribution >= 0.6 is 0 Å². The first-order valence-electron chi connectivity index (χ1n) is 14.1. The van der Waals surface area contributed by atoms with Crippen LogP contribution in [-0.4, -0.2) is 46.8 Å². The molecule has 0 bridgehead atoms. The third-order valence-electron chi connectivity index (χ3n) is 7.38. The molecule has 2 unspecified atom stereocenters. The van der Waals surface area contributed by atoms with Crippen molar-refractivity contribution in [3.05, 3.63) is 108 Å². The molecular weight excluding hydrogens is 514 g/mol. The van der Waals surface area contributed by atoms with Gasteiger partial charge in [-0.3, -0.25) is 14.5 Å². The Morgan fingerprint density at radius 2 is 1.66 bits per heavy atom. The monoisotopic (exact) mass is 551 g/mol. The van der Waals surface area contributed by atoms with Gasteiger partial charge in [-0.05, 0) is 42.8 Å². The first-order valence-corrected chi connectivity index (χ1v) is 14.1. The molecule has 0 spiro atoms. The highest BCUT2D eigenvalue weighted by Gasteiger charge is 2.40. The van der Waals surface area contributed by atoms with E-state index in [2.05, 4.69) is 16.3 Å².